The molecule has 1 aromatic carbocycles. The van der Waals surface area contributed by atoms with E-state index in [0.29, 0.717) is 11.5 Å². The molecular weight excluding hydrogens is 314 g/mol. The molecule has 132 valence electrons. The predicted octanol–water partition coefficient (Wildman–Crippen LogP) is 3.35. The van der Waals surface area contributed by atoms with Crippen LogP contribution in [0.5, 0.6) is 0 Å². The van der Waals surface area contributed by atoms with Gasteiger partial charge >= 0.3 is 5.97 Å². The normalized spacial score (nSPS) is 18.0. The first-order valence-electron chi connectivity index (χ1n) is 9.28. The molecule has 0 bridgehead atoms. The number of carbonyl (C=O) groups is 1. The van der Waals surface area contributed by atoms with Gasteiger partial charge in [0.05, 0.1) is 29.7 Å². The molecule has 0 spiro atoms. The van der Waals surface area contributed by atoms with Crippen molar-refractivity contribution in [1.29, 1.82) is 0 Å². The molecule has 0 saturated heterocycles. The van der Waals surface area contributed by atoms with Crippen LogP contribution < -0.4 is 5.32 Å². The van der Waals surface area contributed by atoms with Crippen molar-refractivity contribution in [2.75, 3.05) is 13.7 Å². The lowest BCUT2D eigenvalue weighted by Gasteiger charge is -2.22. The summed E-state index contributed by atoms with van der Waals surface area (Å²) in [7, 11) is 1.41. The summed E-state index contributed by atoms with van der Waals surface area (Å²) in [6.45, 7) is 1.87. The molecule has 0 atom stereocenters. The predicted molar refractivity (Wildman–Crippen MR) is 96.1 cm³/mol. The van der Waals surface area contributed by atoms with Crippen LogP contribution in [0.2, 0.25) is 0 Å². The number of nitrogens with one attached hydrogen (secondary N) is 1. The maximum atomic E-state index is 11.9. The number of benzene rings is 1. The number of nitrogens with zero attached hydrogens (tertiary/aromatic N) is 2. The van der Waals surface area contributed by atoms with Crippen molar-refractivity contribution < 1.29 is 9.53 Å². The van der Waals surface area contributed by atoms with Gasteiger partial charge in [-0.05, 0) is 31.0 Å². The second kappa shape index (κ2) is 7.00. The number of rotatable bonds is 3. The van der Waals surface area contributed by atoms with Crippen LogP contribution in [-0.2, 0) is 17.7 Å². The highest BCUT2D eigenvalue weighted by molar-refractivity contribution is 5.89. The lowest BCUT2D eigenvalue weighted by atomic mass is 9.84. The Labute approximate surface area is 148 Å². The molecule has 0 radical (unpaired) electrons. The largest absolute Gasteiger partial charge is 0.465 e. The van der Waals surface area contributed by atoms with Crippen LogP contribution in [0.25, 0.3) is 5.69 Å². The molecule has 1 aromatic heterocycles. The molecule has 1 aliphatic carbocycles. The highest BCUT2D eigenvalue weighted by Gasteiger charge is 2.27. The van der Waals surface area contributed by atoms with Crippen LogP contribution in [0, 0.1) is 0 Å². The minimum atomic E-state index is -0.308. The summed E-state index contributed by atoms with van der Waals surface area (Å²) in [6.07, 6.45) is 7.41. The Morgan fingerprint density at radius 2 is 2.12 bits per heavy atom. The monoisotopic (exact) mass is 339 g/mol. The molecule has 0 amide bonds. The van der Waals surface area contributed by atoms with E-state index in [1.807, 2.05) is 18.2 Å². The molecule has 1 fully saturated rings. The average molecular weight is 339 g/mol. The summed E-state index contributed by atoms with van der Waals surface area (Å²) in [5.41, 5.74) is 5.45. The number of carbonyl (C=O) groups excluding carboxylic acids is 1. The zero-order chi connectivity index (χ0) is 17.2. The highest BCUT2D eigenvalue weighted by atomic mass is 16.5. The van der Waals surface area contributed by atoms with Gasteiger partial charge in [-0.2, -0.15) is 5.10 Å². The molecule has 2 heterocycles. The first-order valence-corrected chi connectivity index (χ1v) is 9.28. The number of fused-ring (bicyclic) bond motifs is 1. The fourth-order valence-electron chi connectivity index (χ4n) is 4.17. The summed E-state index contributed by atoms with van der Waals surface area (Å²) in [6, 6.07) is 7.59. The van der Waals surface area contributed by atoms with E-state index in [-0.39, 0.29) is 5.97 Å². The minimum Gasteiger partial charge on any atom is -0.465 e. The van der Waals surface area contributed by atoms with Crippen molar-refractivity contribution in [2.24, 2.45) is 0 Å². The first-order chi connectivity index (χ1) is 12.3. The van der Waals surface area contributed by atoms with E-state index in [0.717, 1.165) is 25.2 Å². The maximum absolute atomic E-state index is 11.9. The third kappa shape index (κ3) is 3.09. The van der Waals surface area contributed by atoms with E-state index in [4.69, 9.17) is 9.84 Å². The van der Waals surface area contributed by atoms with Gasteiger partial charge in [-0.1, -0.05) is 25.3 Å². The lowest BCUT2D eigenvalue weighted by Crippen LogP contribution is -2.25. The molecule has 1 aliphatic heterocycles. The van der Waals surface area contributed by atoms with Crippen molar-refractivity contribution in [3.05, 3.63) is 46.8 Å². The Balaban J connectivity index is 1.77. The lowest BCUT2D eigenvalue weighted by molar-refractivity contribution is 0.0600. The molecule has 4 rings (SSSR count). The number of aromatic nitrogens is 2. The summed E-state index contributed by atoms with van der Waals surface area (Å²) in [4.78, 5) is 11.9. The van der Waals surface area contributed by atoms with Gasteiger partial charge in [0.1, 0.15) is 0 Å². The van der Waals surface area contributed by atoms with Gasteiger partial charge < -0.3 is 10.1 Å². The molecule has 5 heteroatoms. The maximum Gasteiger partial charge on any atom is 0.337 e. The van der Waals surface area contributed by atoms with E-state index in [1.165, 1.54) is 56.2 Å². The minimum absolute atomic E-state index is 0.308. The Morgan fingerprint density at radius 1 is 1.28 bits per heavy atom. The second-order valence-electron chi connectivity index (χ2n) is 7.03. The van der Waals surface area contributed by atoms with Gasteiger partial charge in [0.15, 0.2) is 0 Å². The molecular formula is C20H25N3O2. The Hall–Kier alpha value is -2.14. The van der Waals surface area contributed by atoms with Crippen LogP contribution in [0.3, 0.4) is 0 Å². The number of ether oxygens (including phenoxy) is 1. The summed E-state index contributed by atoms with van der Waals surface area (Å²) < 4.78 is 6.92. The molecule has 2 aliphatic rings. The number of hydrogen-bond acceptors (Lipinski definition) is 4. The van der Waals surface area contributed by atoms with E-state index >= 15 is 0 Å². The van der Waals surface area contributed by atoms with E-state index in [9.17, 15) is 4.79 Å². The van der Waals surface area contributed by atoms with Crippen LogP contribution in [-0.4, -0.2) is 29.4 Å². The Morgan fingerprint density at radius 3 is 2.92 bits per heavy atom. The molecule has 1 N–H and O–H groups in total. The van der Waals surface area contributed by atoms with Gasteiger partial charge in [-0.3, -0.25) is 0 Å². The molecule has 1 saturated carbocycles. The zero-order valence-corrected chi connectivity index (χ0v) is 14.8. The van der Waals surface area contributed by atoms with Gasteiger partial charge in [-0.15, -0.1) is 0 Å². The second-order valence-corrected chi connectivity index (χ2v) is 7.03. The third-order valence-electron chi connectivity index (χ3n) is 5.46. The summed E-state index contributed by atoms with van der Waals surface area (Å²) in [5, 5.41) is 8.53. The Bertz CT molecular complexity index is 775. The quantitative estimate of drug-likeness (QED) is 0.871. The van der Waals surface area contributed by atoms with Crippen LogP contribution in [0.1, 0.15) is 65.3 Å². The first kappa shape index (κ1) is 16.3. The van der Waals surface area contributed by atoms with Crippen LogP contribution in [0.15, 0.2) is 24.3 Å². The van der Waals surface area contributed by atoms with Gasteiger partial charge in [0, 0.05) is 31.0 Å². The van der Waals surface area contributed by atoms with Crippen molar-refractivity contribution in [3.63, 3.8) is 0 Å². The van der Waals surface area contributed by atoms with Gasteiger partial charge in [-0.25, -0.2) is 9.48 Å². The smallest absolute Gasteiger partial charge is 0.337 e. The van der Waals surface area contributed by atoms with E-state index in [2.05, 4.69) is 10.00 Å². The number of methoxy groups -OCH3 is 1. The van der Waals surface area contributed by atoms with E-state index in [1.54, 1.807) is 6.07 Å². The summed E-state index contributed by atoms with van der Waals surface area (Å²) >= 11 is 0. The number of esters is 1. The molecule has 2 aromatic rings. The third-order valence-corrected chi connectivity index (χ3v) is 5.46. The molecule has 5 nitrogen and oxygen atoms in total. The standard InChI is InChI=1S/C20H25N3O2/c1-25-20(24)15-8-5-9-16(12-15)23-18-10-11-21-13-17(18)19(22-23)14-6-3-2-4-7-14/h5,8-9,12,14,21H,2-4,6-7,10-11,13H2,1H3. The van der Waals surface area contributed by atoms with Crippen molar-refractivity contribution >= 4 is 5.97 Å². The Kier molecular flexibility index (Phi) is 4.57. The van der Waals surface area contributed by atoms with Crippen molar-refractivity contribution in [3.8, 4) is 5.69 Å². The summed E-state index contributed by atoms with van der Waals surface area (Å²) in [5.74, 6) is 0.268. The van der Waals surface area contributed by atoms with E-state index < -0.39 is 0 Å². The molecule has 25 heavy (non-hydrogen) atoms. The molecule has 0 unspecified atom stereocenters. The zero-order valence-electron chi connectivity index (χ0n) is 14.8. The van der Waals surface area contributed by atoms with Crippen molar-refractivity contribution in [1.82, 2.24) is 15.1 Å². The highest BCUT2D eigenvalue weighted by Crippen LogP contribution is 2.36. The van der Waals surface area contributed by atoms with Gasteiger partial charge in [0.2, 0.25) is 0 Å². The number of hydrogen-bond donors (Lipinski definition) is 1. The topological polar surface area (TPSA) is 56.2 Å². The van der Waals surface area contributed by atoms with Crippen LogP contribution >= 0.6 is 0 Å². The fourth-order valence-corrected chi connectivity index (χ4v) is 4.17. The fraction of sp³-hybridized carbons (Fsp3) is 0.500. The SMILES string of the molecule is COC(=O)c1cccc(-n2nc(C3CCCCC3)c3c2CCNC3)c1. The van der Waals surface area contributed by atoms with Crippen LogP contribution in [0.4, 0.5) is 0 Å². The van der Waals surface area contributed by atoms with Gasteiger partial charge in [0.25, 0.3) is 0 Å². The average Bonchev–Trinajstić information content (AvgIpc) is 3.08. The van der Waals surface area contributed by atoms with Crippen molar-refractivity contribution in [2.45, 2.75) is 51.0 Å².